The van der Waals surface area contributed by atoms with Crippen molar-refractivity contribution in [1.82, 2.24) is 15.1 Å². The number of phenols is 3. The van der Waals surface area contributed by atoms with Crippen LogP contribution in [-0.4, -0.2) is 122 Å². The highest BCUT2D eigenvalue weighted by molar-refractivity contribution is 5.70. The fraction of sp³-hybridized carbons (Fsp3) is 0.364. The van der Waals surface area contributed by atoms with Gasteiger partial charge in [-0.1, -0.05) is 48.5 Å². The molecule has 0 saturated carbocycles. The molecule has 0 atom stereocenters. The van der Waals surface area contributed by atoms with Crippen molar-refractivity contribution in [3.05, 3.63) is 89.5 Å². The molecule has 13 heteroatoms. The van der Waals surface area contributed by atoms with Gasteiger partial charge in [-0.05, 0) is 24.3 Å². The minimum atomic E-state index is -1.18. The monoisotopic (exact) mass is 639 g/mol. The number of nitrogens with one attached hydrogen (secondary N) is 1. The van der Waals surface area contributed by atoms with Crippen LogP contribution in [0.4, 0.5) is 0 Å². The first kappa shape index (κ1) is 35.8. The van der Waals surface area contributed by atoms with Gasteiger partial charge in [0.1, 0.15) is 23.8 Å². The number of phenolic OH excluding ortho intramolecular Hbond substituents is 3. The second-order valence-electron chi connectivity index (χ2n) is 11.3. The van der Waals surface area contributed by atoms with Crippen molar-refractivity contribution in [1.29, 1.82) is 0 Å². The topological polar surface area (TPSA) is 191 Å². The number of benzene rings is 3. The summed E-state index contributed by atoms with van der Waals surface area (Å²) in [6.07, 6.45) is 0. The van der Waals surface area contributed by atoms with E-state index in [0.717, 1.165) is 0 Å². The lowest BCUT2D eigenvalue weighted by atomic mass is 10.1. The molecular weight excluding hydrogens is 596 g/mol. The van der Waals surface area contributed by atoms with Crippen LogP contribution < -0.4 is 5.32 Å². The summed E-state index contributed by atoms with van der Waals surface area (Å²) < 4.78 is -0.360. The molecule has 0 bridgehead atoms. The Morgan fingerprint density at radius 2 is 1.11 bits per heavy atom. The van der Waals surface area contributed by atoms with Crippen LogP contribution in [0.5, 0.6) is 17.2 Å². The van der Waals surface area contributed by atoms with Gasteiger partial charge in [-0.3, -0.25) is 14.6 Å². The van der Waals surface area contributed by atoms with Crippen molar-refractivity contribution in [2.24, 2.45) is 0 Å². The zero-order valence-electron chi connectivity index (χ0n) is 25.7. The molecule has 0 spiro atoms. The Bertz CT molecular complexity index is 1440. The molecule has 0 unspecified atom stereocenters. The van der Waals surface area contributed by atoms with Crippen LogP contribution in [0.3, 0.4) is 0 Å². The lowest BCUT2D eigenvalue weighted by molar-refractivity contribution is -0.927. The minimum absolute atomic E-state index is 0.0247. The lowest BCUT2D eigenvalue weighted by Gasteiger charge is -2.38. The van der Waals surface area contributed by atoms with Gasteiger partial charge in [0.25, 0.3) is 0 Å². The van der Waals surface area contributed by atoms with Crippen LogP contribution in [0.2, 0.25) is 0 Å². The highest BCUT2D eigenvalue weighted by Crippen LogP contribution is 2.23. The number of nitrogens with zero attached hydrogens (tertiary/aromatic N) is 3. The first-order chi connectivity index (χ1) is 22.0. The maximum absolute atomic E-state index is 12.0. The van der Waals surface area contributed by atoms with Gasteiger partial charge >= 0.3 is 17.9 Å². The van der Waals surface area contributed by atoms with Crippen LogP contribution in [-0.2, 0) is 34.0 Å². The molecule has 0 aromatic heterocycles. The summed E-state index contributed by atoms with van der Waals surface area (Å²) in [5.74, 6) is -3.23. The van der Waals surface area contributed by atoms with Crippen LogP contribution in [0.15, 0.2) is 72.8 Å². The average molecular weight is 640 g/mol. The van der Waals surface area contributed by atoms with Gasteiger partial charge in [0.15, 0.2) is 13.1 Å². The van der Waals surface area contributed by atoms with E-state index < -0.39 is 31.0 Å². The van der Waals surface area contributed by atoms with Crippen LogP contribution >= 0.6 is 0 Å². The first-order valence-corrected chi connectivity index (χ1v) is 14.9. The number of aromatic hydroxyl groups is 3. The second kappa shape index (κ2) is 17.7. The number of para-hydroxylation sites is 3. The fourth-order valence-corrected chi connectivity index (χ4v) is 5.37. The number of carboxylic acid groups (broad SMARTS) is 3. The van der Waals surface area contributed by atoms with E-state index in [2.05, 4.69) is 5.32 Å². The maximum atomic E-state index is 12.0. The molecule has 7 N–H and O–H groups in total. The van der Waals surface area contributed by atoms with Gasteiger partial charge in [0, 0.05) is 62.5 Å². The molecule has 0 radical (unpaired) electrons. The summed E-state index contributed by atoms with van der Waals surface area (Å²) in [4.78, 5) is 39.4. The molecule has 0 aliphatic rings. The summed E-state index contributed by atoms with van der Waals surface area (Å²) in [6, 6.07) is 20.0. The third-order valence-corrected chi connectivity index (χ3v) is 7.72. The molecule has 3 aromatic rings. The summed E-state index contributed by atoms with van der Waals surface area (Å²) >= 11 is 0. The first-order valence-electron chi connectivity index (χ1n) is 14.9. The Kier molecular flexibility index (Phi) is 13.8. The number of carboxylic acids is 3. The van der Waals surface area contributed by atoms with Gasteiger partial charge in [0.05, 0.1) is 13.1 Å². The molecule has 0 aliphatic carbocycles. The number of hydrogen-bond acceptors (Lipinski definition) is 9. The maximum Gasteiger partial charge on any atom is 0.359 e. The van der Waals surface area contributed by atoms with Crippen LogP contribution in [0, 0.1) is 0 Å². The van der Waals surface area contributed by atoms with Crippen molar-refractivity contribution < 1.29 is 49.5 Å². The van der Waals surface area contributed by atoms with E-state index in [1.807, 2.05) is 11.0 Å². The fourth-order valence-electron chi connectivity index (χ4n) is 5.37. The molecule has 0 fully saturated rings. The van der Waals surface area contributed by atoms with E-state index in [1.165, 1.54) is 12.1 Å². The lowest BCUT2D eigenvalue weighted by Crippen LogP contribution is -2.56. The Balaban J connectivity index is 1.81. The number of hydrogen-bond donors (Lipinski definition) is 7. The molecule has 13 nitrogen and oxygen atoms in total. The van der Waals surface area contributed by atoms with Gasteiger partial charge in [-0.2, -0.15) is 0 Å². The van der Waals surface area contributed by atoms with Gasteiger partial charge in [-0.15, -0.1) is 0 Å². The highest BCUT2D eigenvalue weighted by Gasteiger charge is 2.35. The average Bonchev–Trinajstić information content (AvgIpc) is 2.98. The third-order valence-electron chi connectivity index (χ3n) is 7.72. The Labute approximate surface area is 267 Å². The predicted octanol–water partition coefficient (Wildman–Crippen LogP) is 1.97. The molecule has 0 heterocycles. The largest absolute Gasteiger partial charge is 0.508 e. The van der Waals surface area contributed by atoms with Crippen molar-refractivity contribution in [2.45, 2.75) is 19.6 Å². The normalized spacial score (nSPS) is 11.6. The van der Waals surface area contributed by atoms with Gasteiger partial charge in [0.2, 0.25) is 0 Å². The van der Waals surface area contributed by atoms with E-state index in [9.17, 15) is 45.0 Å². The third kappa shape index (κ3) is 12.0. The predicted molar refractivity (Wildman–Crippen MR) is 169 cm³/mol. The second-order valence-corrected chi connectivity index (χ2v) is 11.3. The number of aliphatic carboxylic acids is 3. The van der Waals surface area contributed by atoms with E-state index in [1.54, 1.807) is 59.5 Å². The Hall–Kier alpha value is -4.69. The minimum Gasteiger partial charge on any atom is -0.508 e. The molecule has 0 amide bonds. The number of quaternary nitrogens is 1. The van der Waals surface area contributed by atoms with E-state index in [-0.39, 0.29) is 61.0 Å². The standard InChI is InChI=1S/C33H42N4O9/c38-28-10-4-1-7-25(28)19-34-13-14-35(15-16-36(21-31(41)42)20-26-8-2-5-11-29(26)39)17-18-37(23-32(43)44,24-33(45)46)22-27-9-3-6-12-30(27)40/h1-12,34H,13-24H2,(H5-,38,39,40,41,42,43,44,45,46)/p+1. The summed E-state index contributed by atoms with van der Waals surface area (Å²) in [6.45, 7) is 1.24. The Morgan fingerprint density at radius 1 is 0.609 bits per heavy atom. The quantitative estimate of drug-likeness (QED) is 0.0664. The number of rotatable bonds is 21. The van der Waals surface area contributed by atoms with Crippen molar-refractivity contribution in [2.75, 3.05) is 58.9 Å². The van der Waals surface area contributed by atoms with Crippen LogP contribution in [0.1, 0.15) is 16.7 Å². The van der Waals surface area contributed by atoms with Crippen molar-refractivity contribution in [3.8, 4) is 17.2 Å². The highest BCUT2D eigenvalue weighted by atomic mass is 16.4. The van der Waals surface area contributed by atoms with Gasteiger partial charge < -0.3 is 40.4 Å². The molecule has 3 aromatic carbocycles. The van der Waals surface area contributed by atoms with Crippen LogP contribution in [0.25, 0.3) is 0 Å². The van der Waals surface area contributed by atoms with E-state index >= 15 is 0 Å². The summed E-state index contributed by atoms with van der Waals surface area (Å²) in [5, 5.41) is 63.2. The van der Waals surface area contributed by atoms with Crippen molar-refractivity contribution in [3.63, 3.8) is 0 Å². The van der Waals surface area contributed by atoms with E-state index in [0.29, 0.717) is 42.9 Å². The molecule has 3 rings (SSSR count). The number of carbonyl (C=O) groups is 3. The SMILES string of the molecule is O=C(O)CN(CCN(CCNCc1ccccc1O)CC[N+](CC(=O)O)(CC(=O)O)Cc1ccccc1O)Cc1ccccc1O. The Morgan fingerprint density at radius 3 is 1.63 bits per heavy atom. The summed E-state index contributed by atoms with van der Waals surface area (Å²) in [7, 11) is 0. The zero-order valence-corrected chi connectivity index (χ0v) is 25.7. The molecule has 0 saturated heterocycles. The zero-order chi connectivity index (χ0) is 33.5. The molecular formula is C33H43N4O9+. The van der Waals surface area contributed by atoms with E-state index in [4.69, 9.17) is 0 Å². The molecule has 0 aliphatic heterocycles. The smallest absolute Gasteiger partial charge is 0.359 e. The molecule has 46 heavy (non-hydrogen) atoms. The molecule has 248 valence electrons. The van der Waals surface area contributed by atoms with Crippen molar-refractivity contribution >= 4 is 17.9 Å². The summed E-state index contributed by atoms with van der Waals surface area (Å²) in [5.41, 5.74) is 1.71. The van der Waals surface area contributed by atoms with Gasteiger partial charge in [-0.25, -0.2) is 9.59 Å².